The fourth-order valence-corrected chi connectivity index (χ4v) is 3.54. The first-order valence-electron chi connectivity index (χ1n) is 10.1. The molecule has 1 atom stereocenters. The van der Waals surface area contributed by atoms with Gasteiger partial charge in [0.25, 0.3) is 5.91 Å². The summed E-state index contributed by atoms with van der Waals surface area (Å²) in [6.07, 6.45) is 0. The summed E-state index contributed by atoms with van der Waals surface area (Å²) in [6, 6.07) is 10.1. The van der Waals surface area contributed by atoms with Gasteiger partial charge in [0.2, 0.25) is 5.91 Å². The Kier molecular flexibility index (Phi) is 8.38. The molecule has 168 valence electrons. The molecule has 0 aliphatic heterocycles. The Morgan fingerprint density at radius 2 is 1.77 bits per heavy atom. The Labute approximate surface area is 194 Å². The van der Waals surface area contributed by atoms with Gasteiger partial charge in [0.1, 0.15) is 11.8 Å². The molecule has 1 unspecified atom stereocenters. The number of rotatable bonds is 7. The van der Waals surface area contributed by atoms with Crippen molar-refractivity contribution < 1.29 is 14.3 Å². The molecule has 0 fully saturated rings. The minimum atomic E-state index is -0.721. The van der Waals surface area contributed by atoms with E-state index in [0.29, 0.717) is 21.4 Å². The van der Waals surface area contributed by atoms with Crippen LogP contribution < -0.4 is 10.1 Å². The van der Waals surface area contributed by atoms with E-state index in [1.165, 1.54) is 4.90 Å². The van der Waals surface area contributed by atoms with Crippen LogP contribution in [0.1, 0.15) is 44.4 Å². The van der Waals surface area contributed by atoms with Gasteiger partial charge in [0, 0.05) is 22.1 Å². The molecule has 0 heterocycles. The third-order valence-electron chi connectivity index (χ3n) is 4.70. The Morgan fingerprint density at radius 3 is 2.35 bits per heavy atom. The summed E-state index contributed by atoms with van der Waals surface area (Å²) in [5.41, 5.74) is 2.33. The average molecular weight is 465 g/mol. The third-order valence-corrected chi connectivity index (χ3v) is 5.29. The molecule has 5 nitrogen and oxygen atoms in total. The van der Waals surface area contributed by atoms with Gasteiger partial charge in [-0.3, -0.25) is 9.59 Å². The summed E-state index contributed by atoms with van der Waals surface area (Å²) in [4.78, 5) is 27.4. The number of amides is 2. The van der Waals surface area contributed by atoms with E-state index < -0.39 is 11.6 Å². The maximum absolute atomic E-state index is 13.1. The number of benzene rings is 2. The van der Waals surface area contributed by atoms with Crippen molar-refractivity contribution in [2.45, 2.75) is 59.7 Å². The standard InChI is InChI=1S/C24H30Cl2N2O3/c1-15-7-10-21(16(2)11-15)31-14-22(29)28(17(3)23(30)27-24(4,5)6)13-18-8-9-19(25)12-20(18)26/h7-12,17H,13-14H2,1-6H3,(H,27,30). The smallest absolute Gasteiger partial charge is 0.261 e. The molecule has 2 aromatic carbocycles. The van der Waals surface area contributed by atoms with Crippen molar-refractivity contribution in [1.82, 2.24) is 10.2 Å². The molecule has 0 saturated carbocycles. The number of carbonyl (C=O) groups excluding carboxylic acids is 2. The molecule has 0 radical (unpaired) electrons. The van der Waals surface area contributed by atoms with Gasteiger partial charge >= 0.3 is 0 Å². The highest BCUT2D eigenvalue weighted by atomic mass is 35.5. The molecule has 1 N–H and O–H groups in total. The highest BCUT2D eigenvalue weighted by Crippen LogP contribution is 2.24. The lowest BCUT2D eigenvalue weighted by Gasteiger charge is -2.31. The monoisotopic (exact) mass is 464 g/mol. The number of aryl methyl sites for hydroxylation is 2. The predicted molar refractivity (Wildman–Crippen MR) is 126 cm³/mol. The molecule has 0 aliphatic carbocycles. The minimum Gasteiger partial charge on any atom is -0.483 e. The number of hydrogen-bond donors (Lipinski definition) is 1. The number of halogens is 2. The Hall–Kier alpha value is -2.24. The van der Waals surface area contributed by atoms with E-state index in [2.05, 4.69) is 5.32 Å². The fraction of sp³-hybridized carbons (Fsp3) is 0.417. The lowest BCUT2D eigenvalue weighted by atomic mass is 10.1. The van der Waals surface area contributed by atoms with Crippen LogP contribution in [-0.2, 0) is 16.1 Å². The normalized spacial score (nSPS) is 12.3. The average Bonchev–Trinajstić information content (AvgIpc) is 2.64. The van der Waals surface area contributed by atoms with Crippen molar-refractivity contribution >= 4 is 35.0 Å². The van der Waals surface area contributed by atoms with Crippen LogP contribution in [-0.4, -0.2) is 34.9 Å². The van der Waals surface area contributed by atoms with Gasteiger partial charge in [0.15, 0.2) is 6.61 Å². The maximum atomic E-state index is 13.1. The molecule has 0 bridgehead atoms. The number of hydrogen-bond acceptors (Lipinski definition) is 3. The number of ether oxygens (including phenoxy) is 1. The SMILES string of the molecule is Cc1ccc(OCC(=O)N(Cc2ccc(Cl)cc2Cl)C(C)C(=O)NC(C)(C)C)c(C)c1. The van der Waals surface area contributed by atoms with Gasteiger partial charge in [-0.1, -0.05) is 47.0 Å². The van der Waals surface area contributed by atoms with Crippen molar-refractivity contribution in [3.05, 3.63) is 63.1 Å². The second-order valence-electron chi connectivity index (χ2n) is 8.73. The minimum absolute atomic E-state index is 0.157. The van der Waals surface area contributed by atoms with Crippen molar-refractivity contribution in [1.29, 1.82) is 0 Å². The van der Waals surface area contributed by atoms with Crippen molar-refractivity contribution in [3.63, 3.8) is 0 Å². The maximum Gasteiger partial charge on any atom is 0.261 e. The van der Waals surface area contributed by atoms with Crippen molar-refractivity contribution in [3.8, 4) is 5.75 Å². The Morgan fingerprint density at radius 1 is 1.10 bits per heavy atom. The van der Waals surface area contributed by atoms with Crippen LogP contribution in [0.5, 0.6) is 5.75 Å². The molecule has 2 aromatic rings. The van der Waals surface area contributed by atoms with E-state index in [1.807, 2.05) is 52.8 Å². The van der Waals surface area contributed by atoms with E-state index in [4.69, 9.17) is 27.9 Å². The zero-order valence-corrected chi connectivity index (χ0v) is 20.4. The topological polar surface area (TPSA) is 58.6 Å². The summed E-state index contributed by atoms with van der Waals surface area (Å²) >= 11 is 12.3. The largest absolute Gasteiger partial charge is 0.483 e. The van der Waals surface area contributed by atoms with Crippen molar-refractivity contribution in [2.24, 2.45) is 0 Å². The zero-order valence-electron chi connectivity index (χ0n) is 18.9. The summed E-state index contributed by atoms with van der Waals surface area (Å²) < 4.78 is 5.78. The molecule has 0 aromatic heterocycles. The van der Waals surface area contributed by atoms with Crippen LogP contribution in [0.3, 0.4) is 0 Å². The van der Waals surface area contributed by atoms with E-state index in [1.54, 1.807) is 25.1 Å². The van der Waals surface area contributed by atoms with E-state index in [0.717, 1.165) is 11.1 Å². The van der Waals surface area contributed by atoms with Gasteiger partial charge in [-0.05, 0) is 70.9 Å². The van der Waals surface area contributed by atoms with Crippen LogP contribution >= 0.6 is 23.2 Å². The Bertz CT molecular complexity index is 954. The van der Waals surface area contributed by atoms with E-state index in [-0.39, 0.29) is 25.0 Å². The number of nitrogens with one attached hydrogen (secondary N) is 1. The van der Waals surface area contributed by atoms with Gasteiger partial charge in [-0.25, -0.2) is 0 Å². The van der Waals surface area contributed by atoms with Crippen LogP contribution in [0, 0.1) is 13.8 Å². The third kappa shape index (κ3) is 7.44. The molecule has 0 saturated heterocycles. The lowest BCUT2D eigenvalue weighted by Crippen LogP contribution is -2.53. The fourth-order valence-electron chi connectivity index (χ4n) is 3.07. The number of carbonyl (C=O) groups is 2. The zero-order chi connectivity index (χ0) is 23.3. The highest BCUT2D eigenvalue weighted by molar-refractivity contribution is 6.35. The van der Waals surface area contributed by atoms with Gasteiger partial charge in [-0.15, -0.1) is 0 Å². The predicted octanol–water partition coefficient (Wildman–Crippen LogP) is 5.32. The van der Waals surface area contributed by atoms with Crippen LogP contribution in [0.15, 0.2) is 36.4 Å². The van der Waals surface area contributed by atoms with Crippen LogP contribution in [0.2, 0.25) is 10.0 Å². The second-order valence-corrected chi connectivity index (χ2v) is 9.57. The first-order chi connectivity index (χ1) is 14.4. The molecular weight excluding hydrogens is 435 g/mol. The van der Waals surface area contributed by atoms with E-state index >= 15 is 0 Å². The molecule has 7 heteroatoms. The summed E-state index contributed by atoms with van der Waals surface area (Å²) in [7, 11) is 0. The second kappa shape index (κ2) is 10.4. The van der Waals surface area contributed by atoms with Crippen molar-refractivity contribution in [2.75, 3.05) is 6.61 Å². The first kappa shape index (κ1) is 25.0. The van der Waals surface area contributed by atoms with Crippen LogP contribution in [0.25, 0.3) is 0 Å². The number of nitrogens with zero attached hydrogens (tertiary/aromatic N) is 1. The molecule has 2 amide bonds. The molecule has 0 spiro atoms. The summed E-state index contributed by atoms with van der Waals surface area (Å²) in [6.45, 7) is 11.3. The summed E-state index contributed by atoms with van der Waals surface area (Å²) in [5, 5.41) is 3.86. The molecule has 2 rings (SSSR count). The molecule has 0 aliphatic rings. The van der Waals surface area contributed by atoms with Gasteiger partial charge in [-0.2, -0.15) is 0 Å². The quantitative estimate of drug-likeness (QED) is 0.602. The highest BCUT2D eigenvalue weighted by Gasteiger charge is 2.29. The van der Waals surface area contributed by atoms with E-state index in [9.17, 15) is 9.59 Å². The summed E-state index contributed by atoms with van der Waals surface area (Å²) in [5.74, 6) is 0.0650. The lowest BCUT2D eigenvalue weighted by molar-refractivity contribution is -0.142. The Balaban J connectivity index is 2.24. The first-order valence-corrected chi connectivity index (χ1v) is 10.9. The van der Waals surface area contributed by atoms with Gasteiger partial charge in [0.05, 0.1) is 0 Å². The molecule has 31 heavy (non-hydrogen) atoms. The molecular formula is C24H30Cl2N2O3. The van der Waals surface area contributed by atoms with Gasteiger partial charge < -0.3 is 15.0 Å². The van der Waals surface area contributed by atoms with Crippen LogP contribution in [0.4, 0.5) is 0 Å².